The van der Waals surface area contributed by atoms with E-state index in [0.29, 0.717) is 0 Å². The highest BCUT2D eigenvalue weighted by Crippen LogP contribution is 2.35. The van der Waals surface area contributed by atoms with E-state index in [9.17, 15) is 0 Å². The summed E-state index contributed by atoms with van der Waals surface area (Å²) in [7, 11) is 0. The topological polar surface area (TPSA) is 15.6 Å². The lowest BCUT2D eigenvalue weighted by molar-refractivity contribution is 0.971. The van der Waals surface area contributed by atoms with Gasteiger partial charge in [-0.25, -0.2) is 0 Å². The van der Waals surface area contributed by atoms with Gasteiger partial charge in [-0.05, 0) is 56.7 Å². The molecular weight excluding hydrogens is 304 g/mol. The summed E-state index contributed by atoms with van der Waals surface area (Å²) in [5.74, 6) is 0. The number of aliphatic imine (C=N–C) groups is 1. The van der Waals surface area contributed by atoms with Crippen molar-refractivity contribution in [2.45, 2.75) is 20.8 Å². The normalized spacial score (nSPS) is 18.5. The zero-order valence-corrected chi connectivity index (χ0v) is 15.0. The van der Waals surface area contributed by atoms with Gasteiger partial charge in [0.25, 0.3) is 0 Å². The largest absolute Gasteiger partial charge is 0.341 e. The molecule has 0 N–H and O–H groups in total. The molecule has 0 amide bonds. The number of para-hydroxylation sites is 1. The third-order valence-corrected chi connectivity index (χ3v) is 4.83. The number of benzene rings is 2. The van der Waals surface area contributed by atoms with Crippen LogP contribution in [-0.2, 0) is 0 Å². The van der Waals surface area contributed by atoms with E-state index in [0.717, 1.165) is 17.9 Å². The van der Waals surface area contributed by atoms with Crippen molar-refractivity contribution < 1.29 is 0 Å². The van der Waals surface area contributed by atoms with E-state index in [1.807, 2.05) is 6.07 Å². The monoisotopic (exact) mass is 326 g/mol. The summed E-state index contributed by atoms with van der Waals surface area (Å²) in [5, 5.41) is 0. The lowest BCUT2D eigenvalue weighted by Gasteiger charge is -2.29. The Bertz CT molecular complexity index is 958. The van der Waals surface area contributed by atoms with Gasteiger partial charge >= 0.3 is 0 Å². The van der Waals surface area contributed by atoms with Gasteiger partial charge in [0.15, 0.2) is 0 Å². The molecule has 0 spiro atoms. The summed E-state index contributed by atoms with van der Waals surface area (Å²) in [6.45, 7) is 7.36. The third-order valence-electron chi connectivity index (χ3n) is 4.83. The van der Waals surface area contributed by atoms with Crippen LogP contribution in [0.5, 0.6) is 0 Å². The van der Waals surface area contributed by atoms with Crippen molar-refractivity contribution in [1.82, 2.24) is 0 Å². The molecule has 0 unspecified atom stereocenters. The Morgan fingerprint density at radius 3 is 2.68 bits per heavy atom. The zero-order valence-electron chi connectivity index (χ0n) is 15.0. The minimum atomic E-state index is 0.944. The summed E-state index contributed by atoms with van der Waals surface area (Å²) < 4.78 is 0. The van der Waals surface area contributed by atoms with Crippen molar-refractivity contribution in [2.75, 3.05) is 11.4 Å². The van der Waals surface area contributed by atoms with Crippen LogP contribution in [0.2, 0.25) is 0 Å². The van der Waals surface area contributed by atoms with Gasteiger partial charge in [-0.3, -0.25) is 4.99 Å². The average Bonchev–Trinajstić information content (AvgIpc) is 2.94. The number of likely N-dealkylation sites (N-methyl/N-ethyl adjacent to an activating group) is 1. The van der Waals surface area contributed by atoms with E-state index in [4.69, 9.17) is 0 Å². The van der Waals surface area contributed by atoms with Crippen molar-refractivity contribution in [2.24, 2.45) is 4.99 Å². The van der Waals surface area contributed by atoms with Crippen LogP contribution in [-0.4, -0.2) is 12.3 Å². The molecule has 0 saturated heterocycles. The molecule has 4 rings (SSSR count). The lowest BCUT2D eigenvalue weighted by Crippen LogP contribution is -2.23. The van der Waals surface area contributed by atoms with Crippen LogP contribution in [0.25, 0.3) is 11.6 Å². The summed E-state index contributed by atoms with van der Waals surface area (Å²) >= 11 is 0. The SMILES string of the molecule is CCN1/C(=C/C=C2/C(C)=Nc3ccccc32)C=Cc2cc(C)ccc21. The van der Waals surface area contributed by atoms with Crippen LogP contribution in [0.4, 0.5) is 11.4 Å². The van der Waals surface area contributed by atoms with Crippen LogP contribution >= 0.6 is 0 Å². The Morgan fingerprint density at radius 1 is 1.00 bits per heavy atom. The highest BCUT2D eigenvalue weighted by atomic mass is 15.1. The van der Waals surface area contributed by atoms with Gasteiger partial charge in [-0.15, -0.1) is 0 Å². The number of allylic oxidation sites excluding steroid dienone is 4. The number of hydrogen-bond acceptors (Lipinski definition) is 2. The number of hydrogen-bond donors (Lipinski definition) is 0. The molecule has 0 atom stereocenters. The maximum absolute atomic E-state index is 4.67. The highest BCUT2D eigenvalue weighted by Gasteiger charge is 2.18. The molecule has 2 aromatic rings. The first-order valence-corrected chi connectivity index (χ1v) is 8.80. The molecule has 124 valence electrons. The summed E-state index contributed by atoms with van der Waals surface area (Å²) in [6.07, 6.45) is 8.82. The van der Waals surface area contributed by atoms with Gasteiger partial charge in [0, 0.05) is 34.8 Å². The van der Waals surface area contributed by atoms with E-state index in [1.54, 1.807) is 0 Å². The molecule has 25 heavy (non-hydrogen) atoms. The Balaban J connectivity index is 1.73. The number of nitrogens with zero attached hydrogens (tertiary/aromatic N) is 2. The summed E-state index contributed by atoms with van der Waals surface area (Å²) in [4.78, 5) is 7.03. The van der Waals surface area contributed by atoms with Gasteiger partial charge in [0.1, 0.15) is 0 Å². The highest BCUT2D eigenvalue weighted by molar-refractivity contribution is 6.28. The Kier molecular flexibility index (Phi) is 3.89. The second-order valence-electron chi connectivity index (χ2n) is 6.53. The maximum atomic E-state index is 4.67. The van der Waals surface area contributed by atoms with Crippen molar-refractivity contribution in [3.63, 3.8) is 0 Å². The molecule has 2 aliphatic rings. The Labute approximate surface area is 149 Å². The standard InChI is InChI=1S/C23H22N2/c1-4-25-19(11-10-18-15-16(2)9-14-23(18)25)12-13-20-17(3)24-22-8-6-5-7-21(20)22/h5-15H,4H2,1-3H3/b19-12+,20-13-. The van der Waals surface area contributed by atoms with Gasteiger partial charge in [-0.1, -0.05) is 42.0 Å². The first-order valence-electron chi connectivity index (χ1n) is 8.80. The molecule has 2 aromatic carbocycles. The molecule has 0 fully saturated rings. The number of rotatable bonds is 2. The molecule has 2 aliphatic heterocycles. The van der Waals surface area contributed by atoms with Crippen molar-refractivity contribution in [1.29, 1.82) is 0 Å². The van der Waals surface area contributed by atoms with Gasteiger partial charge in [0.2, 0.25) is 0 Å². The molecule has 2 heterocycles. The molecule has 0 aromatic heterocycles. The number of anilines is 1. The number of fused-ring (bicyclic) bond motifs is 2. The molecule has 2 heteroatoms. The Morgan fingerprint density at radius 2 is 1.84 bits per heavy atom. The quantitative estimate of drug-likeness (QED) is 0.668. The van der Waals surface area contributed by atoms with Crippen molar-refractivity contribution >= 4 is 28.7 Å². The molecule has 0 radical (unpaired) electrons. The second-order valence-corrected chi connectivity index (χ2v) is 6.53. The first kappa shape index (κ1) is 15.6. The van der Waals surface area contributed by atoms with E-state index in [-0.39, 0.29) is 0 Å². The van der Waals surface area contributed by atoms with E-state index >= 15 is 0 Å². The van der Waals surface area contributed by atoms with E-state index in [2.05, 4.69) is 91.4 Å². The van der Waals surface area contributed by atoms with Crippen LogP contribution in [0.1, 0.15) is 30.5 Å². The third kappa shape index (κ3) is 2.74. The lowest BCUT2D eigenvalue weighted by atomic mass is 10.0. The fourth-order valence-electron chi connectivity index (χ4n) is 3.57. The van der Waals surface area contributed by atoms with Crippen LogP contribution < -0.4 is 4.90 Å². The molecule has 0 aliphatic carbocycles. The van der Waals surface area contributed by atoms with Gasteiger partial charge in [0.05, 0.1) is 5.69 Å². The summed E-state index contributed by atoms with van der Waals surface area (Å²) in [5.41, 5.74) is 9.65. The minimum absolute atomic E-state index is 0.944. The van der Waals surface area contributed by atoms with Crippen LogP contribution in [0.15, 0.2) is 71.4 Å². The maximum Gasteiger partial charge on any atom is 0.0712 e. The zero-order chi connectivity index (χ0) is 17.4. The molecular formula is C23H22N2. The molecule has 2 nitrogen and oxygen atoms in total. The average molecular weight is 326 g/mol. The van der Waals surface area contributed by atoms with Crippen LogP contribution in [0, 0.1) is 6.92 Å². The minimum Gasteiger partial charge on any atom is -0.341 e. The van der Waals surface area contributed by atoms with Gasteiger partial charge < -0.3 is 4.90 Å². The Hall–Kier alpha value is -2.87. The second kappa shape index (κ2) is 6.21. The van der Waals surface area contributed by atoms with Gasteiger partial charge in [-0.2, -0.15) is 0 Å². The fourth-order valence-corrected chi connectivity index (χ4v) is 3.57. The van der Waals surface area contributed by atoms with E-state index < -0.39 is 0 Å². The van der Waals surface area contributed by atoms with E-state index in [1.165, 1.54) is 33.6 Å². The smallest absolute Gasteiger partial charge is 0.0712 e. The molecule has 0 bridgehead atoms. The molecule has 0 saturated carbocycles. The summed E-state index contributed by atoms with van der Waals surface area (Å²) in [6, 6.07) is 15.0. The number of aryl methyl sites for hydroxylation is 1. The van der Waals surface area contributed by atoms with Crippen LogP contribution in [0.3, 0.4) is 0 Å². The fraction of sp³-hybridized carbons (Fsp3) is 0.174. The van der Waals surface area contributed by atoms with Crippen molar-refractivity contribution in [3.05, 3.63) is 83.1 Å². The predicted molar refractivity (Wildman–Crippen MR) is 109 cm³/mol. The van der Waals surface area contributed by atoms with Crippen molar-refractivity contribution in [3.8, 4) is 0 Å². The first-order chi connectivity index (χ1) is 12.2. The predicted octanol–water partition coefficient (Wildman–Crippen LogP) is 5.92.